The number of methoxy groups -OCH3 is 2. The van der Waals surface area contributed by atoms with Gasteiger partial charge in [0.05, 0.1) is 48.7 Å². The monoisotopic (exact) mass is 309 g/mol. The third-order valence-corrected chi connectivity index (χ3v) is 3.91. The summed E-state index contributed by atoms with van der Waals surface area (Å²) in [4.78, 5) is 4.25. The number of imidazole rings is 1. The van der Waals surface area contributed by atoms with Gasteiger partial charge in [-0.25, -0.2) is 4.98 Å². The van der Waals surface area contributed by atoms with E-state index >= 15 is 0 Å². The van der Waals surface area contributed by atoms with Gasteiger partial charge in [-0.3, -0.25) is 4.57 Å². The number of nitrogens with one attached hydrogen (secondary N) is 1. The quantitative estimate of drug-likeness (QED) is 0.922. The molecule has 0 unspecified atom stereocenters. The predicted octanol–water partition coefficient (Wildman–Crippen LogP) is 3.00. The van der Waals surface area contributed by atoms with Crippen LogP contribution in [0.25, 0.3) is 5.69 Å². The maximum atomic E-state index is 6.25. The Morgan fingerprint density at radius 2 is 1.86 bits per heavy atom. The van der Waals surface area contributed by atoms with Crippen molar-refractivity contribution in [2.24, 2.45) is 0 Å². The number of ether oxygens (including phenoxy) is 2. The minimum absolute atomic E-state index is 0.242. The largest absolute Gasteiger partial charge is 0.495 e. The van der Waals surface area contributed by atoms with Crippen LogP contribution in [0.1, 0.15) is 19.5 Å². The molecule has 0 saturated heterocycles. The van der Waals surface area contributed by atoms with Crippen LogP contribution in [0.4, 0.5) is 0 Å². The SMILES string of the molecule is CNC(C)(C)c1cncn1-c1cc(Cl)c(OC)cc1OC. The zero-order valence-corrected chi connectivity index (χ0v) is 13.7. The number of aromatic nitrogens is 2. The van der Waals surface area contributed by atoms with Gasteiger partial charge in [0.2, 0.25) is 0 Å². The number of rotatable bonds is 5. The lowest BCUT2D eigenvalue weighted by Crippen LogP contribution is -2.35. The van der Waals surface area contributed by atoms with Crippen LogP contribution >= 0.6 is 11.6 Å². The summed E-state index contributed by atoms with van der Waals surface area (Å²) in [7, 11) is 5.11. The average molecular weight is 310 g/mol. The Kier molecular flexibility index (Phi) is 4.44. The van der Waals surface area contributed by atoms with Crippen LogP contribution in [-0.2, 0) is 5.54 Å². The molecule has 1 aromatic heterocycles. The maximum Gasteiger partial charge on any atom is 0.146 e. The molecule has 0 fully saturated rings. The third kappa shape index (κ3) is 2.84. The summed E-state index contributed by atoms with van der Waals surface area (Å²) >= 11 is 6.25. The van der Waals surface area contributed by atoms with E-state index in [2.05, 4.69) is 24.1 Å². The number of nitrogens with zero attached hydrogens (tertiary/aromatic N) is 2. The number of benzene rings is 1. The Morgan fingerprint density at radius 3 is 2.43 bits per heavy atom. The van der Waals surface area contributed by atoms with Crippen molar-refractivity contribution < 1.29 is 9.47 Å². The van der Waals surface area contributed by atoms with E-state index in [1.54, 1.807) is 26.6 Å². The lowest BCUT2D eigenvalue weighted by Gasteiger charge is -2.26. The molecule has 0 saturated carbocycles. The zero-order valence-electron chi connectivity index (χ0n) is 12.9. The van der Waals surface area contributed by atoms with Gasteiger partial charge >= 0.3 is 0 Å². The van der Waals surface area contributed by atoms with Gasteiger partial charge in [-0.2, -0.15) is 0 Å². The van der Waals surface area contributed by atoms with Crippen LogP contribution in [-0.4, -0.2) is 30.8 Å². The highest BCUT2D eigenvalue weighted by molar-refractivity contribution is 6.32. The molecule has 0 bridgehead atoms. The molecule has 6 heteroatoms. The summed E-state index contributed by atoms with van der Waals surface area (Å²) in [6.07, 6.45) is 3.57. The van der Waals surface area contributed by atoms with E-state index in [0.29, 0.717) is 16.5 Å². The Bertz CT molecular complexity index is 638. The summed E-state index contributed by atoms with van der Waals surface area (Å²) in [5.74, 6) is 1.24. The molecule has 21 heavy (non-hydrogen) atoms. The summed E-state index contributed by atoms with van der Waals surface area (Å²) < 4.78 is 12.6. The second kappa shape index (κ2) is 5.95. The second-order valence-electron chi connectivity index (χ2n) is 5.18. The highest BCUT2D eigenvalue weighted by Crippen LogP contribution is 2.36. The van der Waals surface area contributed by atoms with E-state index in [1.165, 1.54) is 0 Å². The first kappa shape index (κ1) is 15.7. The zero-order chi connectivity index (χ0) is 15.6. The summed E-state index contributed by atoms with van der Waals surface area (Å²) in [5, 5.41) is 3.79. The number of halogens is 1. The standard InChI is InChI=1S/C15H20ClN3O2/c1-15(2,17-3)14-8-18-9-19(14)11-6-10(16)12(20-4)7-13(11)21-5/h6-9,17H,1-5H3. The number of hydrogen-bond donors (Lipinski definition) is 1. The normalized spacial score (nSPS) is 11.5. The van der Waals surface area contributed by atoms with E-state index in [0.717, 1.165) is 11.4 Å². The molecular formula is C15H20ClN3O2. The van der Waals surface area contributed by atoms with Gasteiger partial charge in [-0.1, -0.05) is 11.6 Å². The average Bonchev–Trinajstić information content (AvgIpc) is 2.97. The van der Waals surface area contributed by atoms with Gasteiger partial charge in [0.15, 0.2) is 0 Å². The summed E-state index contributed by atoms with van der Waals surface area (Å²) in [6, 6.07) is 3.59. The third-order valence-electron chi connectivity index (χ3n) is 3.62. The first-order chi connectivity index (χ1) is 9.94. The molecule has 114 valence electrons. The highest BCUT2D eigenvalue weighted by Gasteiger charge is 2.24. The Morgan fingerprint density at radius 1 is 1.19 bits per heavy atom. The topological polar surface area (TPSA) is 48.3 Å². The lowest BCUT2D eigenvalue weighted by molar-refractivity contribution is 0.390. The summed E-state index contributed by atoms with van der Waals surface area (Å²) in [6.45, 7) is 4.16. The summed E-state index contributed by atoms with van der Waals surface area (Å²) in [5.41, 5.74) is 1.58. The Hall–Kier alpha value is -1.72. The van der Waals surface area contributed by atoms with Crippen molar-refractivity contribution in [3.05, 3.63) is 35.4 Å². The van der Waals surface area contributed by atoms with Crippen LogP contribution in [0, 0.1) is 0 Å². The molecule has 1 heterocycles. The van der Waals surface area contributed by atoms with Crippen molar-refractivity contribution in [3.63, 3.8) is 0 Å². The van der Waals surface area contributed by atoms with Crippen molar-refractivity contribution in [2.75, 3.05) is 21.3 Å². The Balaban J connectivity index is 2.63. The van der Waals surface area contributed by atoms with Gasteiger partial charge in [0, 0.05) is 6.07 Å². The highest BCUT2D eigenvalue weighted by atomic mass is 35.5. The molecule has 2 rings (SSSR count). The predicted molar refractivity (Wildman–Crippen MR) is 83.8 cm³/mol. The second-order valence-corrected chi connectivity index (χ2v) is 5.59. The van der Waals surface area contributed by atoms with E-state index in [1.807, 2.05) is 23.9 Å². The fourth-order valence-corrected chi connectivity index (χ4v) is 2.35. The molecule has 2 aromatic rings. The van der Waals surface area contributed by atoms with Crippen LogP contribution in [0.15, 0.2) is 24.7 Å². The van der Waals surface area contributed by atoms with E-state index in [9.17, 15) is 0 Å². The molecule has 1 aromatic carbocycles. The minimum atomic E-state index is -0.242. The molecule has 0 radical (unpaired) electrons. The van der Waals surface area contributed by atoms with Crippen LogP contribution in [0.3, 0.4) is 0 Å². The molecule has 0 aliphatic carbocycles. The van der Waals surface area contributed by atoms with Gasteiger partial charge in [-0.05, 0) is 27.0 Å². The Labute approximate surface area is 129 Å². The maximum absolute atomic E-state index is 6.25. The van der Waals surface area contributed by atoms with Gasteiger partial charge in [0.25, 0.3) is 0 Å². The minimum Gasteiger partial charge on any atom is -0.495 e. The number of hydrogen-bond acceptors (Lipinski definition) is 4. The van der Waals surface area contributed by atoms with Gasteiger partial charge in [-0.15, -0.1) is 0 Å². The van der Waals surface area contributed by atoms with E-state index < -0.39 is 0 Å². The van der Waals surface area contributed by atoms with E-state index in [-0.39, 0.29) is 5.54 Å². The lowest BCUT2D eigenvalue weighted by atomic mass is 10.0. The fraction of sp³-hybridized carbons (Fsp3) is 0.400. The molecule has 0 spiro atoms. The first-order valence-corrected chi connectivity index (χ1v) is 6.96. The molecule has 0 aliphatic rings. The molecule has 0 amide bonds. The van der Waals surface area contributed by atoms with E-state index in [4.69, 9.17) is 21.1 Å². The molecule has 5 nitrogen and oxygen atoms in total. The van der Waals surface area contributed by atoms with Crippen molar-refractivity contribution in [3.8, 4) is 17.2 Å². The molecule has 1 N–H and O–H groups in total. The van der Waals surface area contributed by atoms with Crippen LogP contribution in [0.5, 0.6) is 11.5 Å². The fourth-order valence-electron chi connectivity index (χ4n) is 2.11. The van der Waals surface area contributed by atoms with Crippen molar-refractivity contribution in [1.82, 2.24) is 14.9 Å². The molecule has 0 atom stereocenters. The van der Waals surface area contributed by atoms with Crippen LogP contribution < -0.4 is 14.8 Å². The van der Waals surface area contributed by atoms with Crippen molar-refractivity contribution in [2.45, 2.75) is 19.4 Å². The first-order valence-electron chi connectivity index (χ1n) is 6.58. The van der Waals surface area contributed by atoms with Crippen molar-refractivity contribution >= 4 is 11.6 Å². The van der Waals surface area contributed by atoms with Crippen molar-refractivity contribution in [1.29, 1.82) is 0 Å². The van der Waals surface area contributed by atoms with Gasteiger partial charge < -0.3 is 14.8 Å². The molecule has 0 aliphatic heterocycles. The smallest absolute Gasteiger partial charge is 0.146 e. The van der Waals surface area contributed by atoms with Crippen LogP contribution in [0.2, 0.25) is 5.02 Å². The molecular weight excluding hydrogens is 290 g/mol. The van der Waals surface area contributed by atoms with Gasteiger partial charge in [0.1, 0.15) is 11.5 Å².